The zero-order valence-electron chi connectivity index (χ0n) is 7.14. The van der Waals surface area contributed by atoms with E-state index in [0.29, 0.717) is 18.1 Å². The van der Waals surface area contributed by atoms with Gasteiger partial charge in [0.15, 0.2) is 0 Å². The van der Waals surface area contributed by atoms with Gasteiger partial charge in [0.1, 0.15) is 0 Å². The molecule has 0 rings (SSSR count). The van der Waals surface area contributed by atoms with E-state index in [1.165, 1.54) is 0 Å². The fourth-order valence-corrected chi connectivity index (χ4v) is 0.586. The molecule has 0 heterocycles. The third-order valence-electron chi connectivity index (χ3n) is 1.43. The van der Waals surface area contributed by atoms with Crippen molar-refractivity contribution in [3.63, 3.8) is 0 Å². The summed E-state index contributed by atoms with van der Waals surface area (Å²) in [5.41, 5.74) is 0. The van der Waals surface area contributed by atoms with E-state index >= 15 is 0 Å². The number of rotatable bonds is 3. The van der Waals surface area contributed by atoms with Crippen LogP contribution in [0, 0.1) is 5.92 Å². The Bertz CT molecular complexity index is 67.0. The molecule has 1 nitrogen and oxygen atoms in total. The van der Waals surface area contributed by atoms with Gasteiger partial charge < -0.3 is 4.74 Å². The number of hydrogen-bond acceptors (Lipinski definition) is 1. The second-order valence-corrected chi connectivity index (χ2v) is 3.13. The van der Waals surface area contributed by atoms with Crippen molar-refractivity contribution in [1.82, 2.24) is 0 Å². The van der Waals surface area contributed by atoms with Gasteiger partial charge in [-0.15, -0.1) is 0 Å². The van der Waals surface area contributed by atoms with Crippen molar-refractivity contribution in [1.29, 1.82) is 0 Å². The fourth-order valence-electron chi connectivity index (χ4n) is 0.586. The quantitative estimate of drug-likeness (QED) is 0.570. The van der Waals surface area contributed by atoms with Gasteiger partial charge in [0.2, 0.25) is 0 Å². The van der Waals surface area contributed by atoms with Crippen molar-refractivity contribution >= 4 is 0 Å². The third-order valence-corrected chi connectivity index (χ3v) is 1.43. The molecule has 0 saturated heterocycles. The Labute approximate surface area is 58.4 Å². The largest absolute Gasteiger partial charge is 0.376 e. The minimum absolute atomic E-state index is 0.363. The van der Waals surface area contributed by atoms with Crippen LogP contribution in [-0.2, 0) is 4.74 Å². The summed E-state index contributed by atoms with van der Waals surface area (Å²) in [5.74, 6) is 0.632. The lowest BCUT2D eigenvalue weighted by molar-refractivity contribution is -0.00641. The summed E-state index contributed by atoms with van der Waals surface area (Å²) in [6.45, 7) is 10.6. The van der Waals surface area contributed by atoms with Crippen LogP contribution in [0.1, 0.15) is 34.6 Å². The molecule has 1 heteroatoms. The molecule has 0 aliphatic heterocycles. The first-order valence-electron chi connectivity index (χ1n) is 3.69. The Balaban J connectivity index is 3.38. The highest BCUT2D eigenvalue weighted by atomic mass is 16.5. The van der Waals surface area contributed by atoms with Gasteiger partial charge in [-0.3, -0.25) is 0 Å². The van der Waals surface area contributed by atoms with Crippen LogP contribution in [0.5, 0.6) is 0 Å². The Kier molecular flexibility index (Phi) is 3.87. The summed E-state index contributed by atoms with van der Waals surface area (Å²) in [7, 11) is 0. The predicted molar refractivity (Wildman–Crippen MR) is 40.5 cm³/mol. The van der Waals surface area contributed by atoms with E-state index in [4.69, 9.17) is 4.74 Å². The standard InChI is InChI=1S/C8H18O/c1-6(2)8(5)9-7(3)4/h6-8H,1-5H3/t8-/m0/s1. The van der Waals surface area contributed by atoms with E-state index in [1.807, 2.05) is 0 Å². The Morgan fingerprint density at radius 2 is 1.33 bits per heavy atom. The highest BCUT2D eigenvalue weighted by Gasteiger charge is 2.07. The molecule has 0 aromatic heterocycles. The number of hydrogen-bond donors (Lipinski definition) is 0. The van der Waals surface area contributed by atoms with Crippen molar-refractivity contribution in [2.45, 2.75) is 46.8 Å². The molecule has 0 bridgehead atoms. The van der Waals surface area contributed by atoms with Crippen LogP contribution in [0.15, 0.2) is 0 Å². The molecule has 56 valence electrons. The fraction of sp³-hybridized carbons (Fsp3) is 1.00. The van der Waals surface area contributed by atoms with Crippen LogP contribution in [0.4, 0.5) is 0 Å². The molecule has 0 saturated carbocycles. The molecule has 0 unspecified atom stereocenters. The minimum Gasteiger partial charge on any atom is -0.376 e. The van der Waals surface area contributed by atoms with E-state index in [1.54, 1.807) is 0 Å². The Morgan fingerprint density at radius 1 is 0.889 bits per heavy atom. The van der Waals surface area contributed by atoms with Crippen LogP contribution in [0.25, 0.3) is 0 Å². The minimum atomic E-state index is 0.363. The van der Waals surface area contributed by atoms with Crippen molar-refractivity contribution < 1.29 is 4.74 Å². The Morgan fingerprint density at radius 3 is 1.44 bits per heavy atom. The smallest absolute Gasteiger partial charge is 0.0573 e. The predicted octanol–water partition coefficient (Wildman–Crippen LogP) is 2.46. The second-order valence-electron chi connectivity index (χ2n) is 3.13. The van der Waals surface area contributed by atoms with Crippen molar-refractivity contribution in [2.24, 2.45) is 5.92 Å². The van der Waals surface area contributed by atoms with Crippen molar-refractivity contribution in [3.8, 4) is 0 Å². The van der Waals surface area contributed by atoms with Gasteiger partial charge in [-0.25, -0.2) is 0 Å². The van der Waals surface area contributed by atoms with Crippen LogP contribution >= 0.6 is 0 Å². The van der Waals surface area contributed by atoms with Gasteiger partial charge >= 0.3 is 0 Å². The first-order valence-corrected chi connectivity index (χ1v) is 3.69. The topological polar surface area (TPSA) is 9.23 Å². The molecule has 0 aliphatic carbocycles. The summed E-state index contributed by atoms with van der Waals surface area (Å²) in [4.78, 5) is 0. The van der Waals surface area contributed by atoms with Gasteiger partial charge in [-0.1, -0.05) is 13.8 Å². The molecule has 0 aromatic carbocycles. The van der Waals surface area contributed by atoms with E-state index in [-0.39, 0.29) is 0 Å². The molecule has 0 spiro atoms. The summed E-state index contributed by atoms with van der Waals surface area (Å²) >= 11 is 0. The summed E-state index contributed by atoms with van der Waals surface area (Å²) in [6.07, 6.45) is 0.757. The first-order chi connectivity index (χ1) is 4.04. The maximum atomic E-state index is 5.51. The summed E-state index contributed by atoms with van der Waals surface area (Å²) in [6, 6.07) is 0. The highest BCUT2D eigenvalue weighted by Crippen LogP contribution is 2.07. The average molecular weight is 130 g/mol. The van der Waals surface area contributed by atoms with E-state index in [9.17, 15) is 0 Å². The van der Waals surface area contributed by atoms with Gasteiger partial charge in [-0.05, 0) is 26.7 Å². The van der Waals surface area contributed by atoms with Crippen LogP contribution < -0.4 is 0 Å². The van der Waals surface area contributed by atoms with Gasteiger partial charge in [0, 0.05) is 0 Å². The SMILES string of the molecule is CC(C)O[C@@H](C)C(C)C. The molecule has 0 fully saturated rings. The zero-order valence-corrected chi connectivity index (χ0v) is 7.14. The molecule has 0 aliphatic rings. The molecular weight excluding hydrogens is 112 g/mol. The zero-order chi connectivity index (χ0) is 7.44. The lowest BCUT2D eigenvalue weighted by Gasteiger charge is -2.18. The molecule has 0 N–H and O–H groups in total. The lowest BCUT2D eigenvalue weighted by Crippen LogP contribution is -2.19. The van der Waals surface area contributed by atoms with Gasteiger partial charge in [0.25, 0.3) is 0 Å². The molecule has 9 heavy (non-hydrogen) atoms. The van der Waals surface area contributed by atoms with Gasteiger partial charge in [-0.2, -0.15) is 0 Å². The normalized spacial score (nSPS) is 15.0. The van der Waals surface area contributed by atoms with E-state index < -0.39 is 0 Å². The Hall–Kier alpha value is -0.0400. The third kappa shape index (κ3) is 4.46. The maximum Gasteiger partial charge on any atom is 0.0573 e. The molecular formula is C8H18O. The molecule has 1 atom stereocenters. The van der Waals surface area contributed by atoms with E-state index in [0.717, 1.165) is 0 Å². The molecule has 0 aromatic rings. The maximum absolute atomic E-state index is 5.51. The first kappa shape index (κ1) is 8.96. The molecule has 0 radical (unpaired) electrons. The number of ether oxygens (including phenoxy) is 1. The average Bonchev–Trinajstić information content (AvgIpc) is 1.63. The molecule has 0 amide bonds. The monoisotopic (exact) mass is 130 g/mol. The van der Waals surface area contributed by atoms with Crippen LogP contribution in [0.2, 0.25) is 0 Å². The van der Waals surface area contributed by atoms with Crippen LogP contribution in [0.3, 0.4) is 0 Å². The van der Waals surface area contributed by atoms with E-state index in [2.05, 4.69) is 34.6 Å². The van der Waals surface area contributed by atoms with Gasteiger partial charge in [0.05, 0.1) is 12.2 Å². The lowest BCUT2D eigenvalue weighted by atomic mass is 10.1. The van der Waals surface area contributed by atoms with Crippen molar-refractivity contribution in [3.05, 3.63) is 0 Å². The summed E-state index contributed by atoms with van der Waals surface area (Å²) < 4.78 is 5.51. The highest BCUT2D eigenvalue weighted by molar-refractivity contribution is 4.55. The second kappa shape index (κ2) is 3.89. The van der Waals surface area contributed by atoms with Crippen molar-refractivity contribution in [2.75, 3.05) is 0 Å². The van der Waals surface area contributed by atoms with Crippen LogP contribution in [-0.4, -0.2) is 12.2 Å². The summed E-state index contributed by atoms with van der Waals surface area (Å²) in [5, 5.41) is 0.